The third kappa shape index (κ3) is 6.73. The second-order valence-electron chi connectivity index (χ2n) is 8.52. The molecule has 0 saturated heterocycles. The molecule has 0 aliphatic rings. The van der Waals surface area contributed by atoms with Crippen molar-refractivity contribution in [2.45, 2.75) is 36.7 Å². The molecule has 34 heavy (non-hydrogen) atoms. The van der Waals surface area contributed by atoms with Crippen molar-refractivity contribution in [1.82, 2.24) is 10.0 Å². The summed E-state index contributed by atoms with van der Waals surface area (Å²) in [6.45, 7) is 2.90. The van der Waals surface area contributed by atoms with Gasteiger partial charge in [0, 0.05) is 0 Å². The summed E-state index contributed by atoms with van der Waals surface area (Å²) in [6.07, 6.45) is 2.05. The summed E-state index contributed by atoms with van der Waals surface area (Å²) in [5, 5.41) is 3.77. The molecule has 0 spiro atoms. The number of hydrogen-bond donors (Lipinski definition) is 2. The first kappa shape index (κ1) is 24.1. The van der Waals surface area contributed by atoms with Gasteiger partial charge >= 0.3 is 0 Å². The van der Waals surface area contributed by atoms with Crippen LogP contribution in [0.2, 0.25) is 0 Å². The standard InChI is InChI=1S/C30H32N2OS/c1-24-19-21-28(22-20-24)34(33)32-30(27-17-9-4-10-18-27)29(26-15-7-3-8-16-26)31-23-11-14-25-12-5-2-6-13-25/h2-10,12-13,15-22,29-32H,11,14,23H2,1H3/t29-,30-,34?/m1/s1. The molecule has 3 atom stereocenters. The van der Waals surface area contributed by atoms with Crippen LogP contribution in [0.1, 0.15) is 40.8 Å². The maximum Gasteiger partial charge on any atom is 0.125 e. The molecule has 0 amide bonds. The van der Waals surface area contributed by atoms with Crippen LogP contribution in [0.5, 0.6) is 0 Å². The van der Waals surface area contributed by atoms with Crippen molar-refractivity contribution < 1.29 is 4.21 Å². The largest absolute Gasteiger partial charge is 0.308 e. The highest BCUT2D eigenvalue weighted by Crippen LogP contribution is 2.30. The van der Waals surface area contributed by atoms with E-state index in [9.17, 15) is 4.21 Å². The van der Waals surface area contributed by atoms with Crippen LogP contribution in [0.25, 0.3) is 0 Å². The zero-order valence-electron chi connectivity index (χ0n) is 19.6. The number of aryl methyl sites for hydroxylation is 2. The molecule has 0 radical (unpaired) electrons. The Balaban J connectivity index is 1.57. The molecule has 0 saturated carbocycles. The summed E-state index contributed by atoms with van der Waals surface area (Å²) in [6, 6.07) is 39.0. The molecular formula is C30H32N2OS. The summed E-state index contributed by atoms with van der Waals surface area (Å²) in [5.41, 5.74) is 4.78. The van der Waals surface area contributed by atoms with Crippen molar-refractivity contribution in [3.63, 3.8) is 0 Å². The van der Waals surface area contributed by atoms with E-state index >= 15 is 0 Å². The van der Waals surface area contributed by atoms with Crippen LogP contribution in [0.15, 0.2) is 120 Å². The van der Waals surface area contributed by atoms with Crippen LogP contribution in [0.3, 0.4) is 0 Å². The van der Waals surface area contributed by atoms with Crippen LogP contribution in [-0.2, 0) is 17.4 Å². The number of benzene rings is 4. The lowest BCUT2D eigenvalue weighted by molar-refractivity contribution is 0.427. The first-order valence-corrected chi connectivity index (χ1v) is 13.0. The lowest BCUT2D eigenvalue weighted by Crippen LogP contribution is -2.37. The summed E-state index contributed by atoms with van der Waals surface area (Å²) >= 11 is 0. The fourth-order valence-corrected chi connectivity index (χ4v) is 5.14. The smallest absolute Gasteiger partial charge is 0.125 e. The van der Waals surface area contributed by atoms with Gasteiger partial charge in [-0.15, -0.1) is 0 Å². The van der Waals surface area contributed by atoms with E-state index in [1.165, 1.54) is 11.1 Å². The molecular weight excluding hydrogens is 436 g/mol. The second kappa shape index (κ2) is 12.4. The zero-order valence-corrected chi connectivity index (χ0v) is 20.4. The Morgan fingerprint density at radius 3 is 1.79 bits per heavy atom. The van der Waals surface area contributed by atoms with Crippen LogP contribution in [0.4, 0.5) is 0 Å². The van der Waals surface area contributed by atoms with Gasteiger partial charge in [-0.2, -0.15) is 0 Å². The zero-order chi connectivity index (χ0) is 23.6. The van der Waals surface area contributed by atoms with Gasteiger partial charge in [0.1, 0.15) is 11.0 Å². The Bertz CT molecular complexity index is 1150. The van der Waals surface area contributed by atoms with E-state index < -0.39 is 11.0 Å². The van der Waals surface area contributed by atoms with Crippen LogP contribution in [-0.4, -0.2) is 10.8 Å². The molecule has 4 rings (SSSR count). The minimum absolute atomic E-state index is 0.0335. The molecule has 4 heteroatoms. The monoisotopic (exact) mass is 468 g/mol. The van der Waals surface area contributed by atoms with Crippen molar-refractivity contribution in [1.29, 1.82) is 0 Å². The van der Waals surface area contributed by atoms with Crippen LogP contribution < -0.4 is 10.0 Å². The summed E-state index contributed by atoms with van der Waals surface area (Å²) in [5.74, 6) is 0. The highest BCUT2D eigenvalue weighted by molar-refractivity contribution is 7.83. The normalized spacial score (nSPS) is 13.8. The van der Waals surface area contributed by atoms with Gasteiger partial charge < -0.3 is 5.32 Å². The predicted octanol–water partition coefficient (Wildman–Crippen LogP) is 6.31. The van der Waals surface area contributed by atoms with Crippen molar-refractivity contribution in [3.8, 4) is 0 Å². The Morgan fingerprint density at radius 1 is 0.676 bits per heavy atom. The van der Waals surface area contributed by atoms with E-state index in [1.807, 2.05) is 55.5 Å². The minimum Gasteiger partial charge on any atom is -0.308 e. The van der Waals surface area contributed by atoms with Crippen molar-refractivity contribution in [2.75, 3.05) is 6.54 Å². The molecule has 4 aromatic carbocycles. The van der Waals surface area contributed by atoms with E-state index in [1.54, 1.807) is 0 Å². The van der Waals surface area contributed by atoms with Crippen molar-refractivity contribution in [2.24, 2.45) is 0 Å². The summed E-state index contributed by atoms with van der Waals surface area (Å²) in [7, 11) is -1.34. The fourth-order valence-electron chi connectivity index (χ4n) is 4.12. The van der Waals surface area contributed by atoms with E-state index in [0.717, 1.165) is 35.4 Å². The van der Waals surface area contributed by atoms with Gasteiger partial charge in [0.05, 0.1) is 17.0 Å². The number of rotatable bonds is 11. The van der Waals surface area contributed by atoms with Gasteiger partial charge in [0.25, 0.3) is 0 Å². The van der Waals surface area contributed by atoms with Crippen molar-refractivity contribution >= 4 is 11.0 Å². The highest BCUT2D eigenvalue weighted by Gasteiger charge is 2.26. The van der Waals surface area contributed by atoms with Gasteiger partial charge in [0.2, 0.25) is 0 Å². The van der Waals surface area contributed by atoms with Gasteiger partial charge in [-0.25, -0.2) is 8.93 Å². The predicted molar refractivity (Wildman–Crippen MR) is 142 cm³/mol. The fraction of sp³-hybridized carbons (Fsp3) is 0.200. The lowest BCUT2D eigenvalue weighted by atomic mass is 9.94. The second-order valence-corrected chi connectivity index (χ2v) is 9.76. The van der Waals surface area contributed by atoms with Crippen LogP contribution >= 0.6 is 0 Å². The number of hydrogen-bond acceptors (Lipinski definition) is 2. The average molecular weight is 469 g/mol. The van der Waals surface area contributed by atoms with E-state index in [-0.39, 0.29) is 12.1 Å². The van der Waals surface area contributed by atoms with Gasteiger partial charge in [-0.05, 0) is 55.1 Å². The molecule has 2 N–H and O–H groups in total. The minimum atomic E-state index is -1.34. The molecule has 174 valence electrons. The molecule has 4 aromatic rings. The van der Waals surface area contributed by atoms with Crippen LogP contribution in [0, 0.1) is 6.92 Å². The third-order valence-electron chi connectivity index (χ3n) is 5.97. The third-order valence-corrected chi connectivity index (χ3v) is 7.14. The summed E-state index contributed by atoms with van der Waals surface area (Å²) < 4.78 is 16.8. The molecule has 0 aliphatic carbocycles. The van der Waals surface area contributed by atoms with Gasteiger partial charge in [0.15, 0.2) is 0 Å². The molecule has 0 fully saturated rings. The Hall–Kier alpha value is -3.05. The Kier molecular flexibility index (Phi) is 8.80. The first-order valence-electron chi connectivity index (χ1n) is 11.8. The molecule has 3 nitrogen and oxygen atoms in total. The molecule has 0 bridgehead atoms. The number of nitrogens with one attached hydrogen (secondary N) is 2. The quantitative estimate of drug-likeness (QED) is 0.253. The average Bonchev–Trinajstić information content (AvgIpc) is 2.89. The van der Waals surface area contributed by atoms with Gasteiger partial charge in [-0.1, -0.05) is 109 Å². The molecule has 0 heterocycles. The maximum atomic E-state index is 13.4. The van der Waals surface area contributed by atoms with Gasteiger partial charge in [-0.3, -0.25) is 0 Å². The molecule has 1 unspecified atom stereocenters. The lowest BCUT2D eigenvalue weighted by Gasteiger charge is -2.30. The topological polar surface area (TPSA) is 41.1 Å². The van der Waals surface area contributed by atoms with E-state index in [2.05, 4.69) is 76.8 Å². The van der Waals surface area contributed by atoms with E-state index in [0.29, 0.717) is 0 Å². The first-order chi connectivity index (χ1) is 16.7. The van der Waals surface area contributed by atoms with E-state index in [4.69, 9.17) is 0 Å². The molecule has 0 aromatic heterocycles. The van der Waals surface area contributed by atoms with Crippen molar-refractivity contribution in [3.05, 3.63) is 138 Å². The maximum absolute atomic E-state index is 13.4. The highest BCUT2D eigenvalue weighted by atomic mass is 32.2. The Labute approximate surface area is 205 Å². The SMILES string of the molecule is Cc1ccc(S(=O)N[C@H](c2ccccc2)[C@H](NCCCc2ccccc2)c2ccccc2)cc1. The molecule has 0 aliphatic heterocycles. The summed E-state index contributed by atoms with van der Waals surface area (Å²) in [4.78, 5) is 0.780. The Morgan fingerprint density at radius 2 is 1.21 bits per heavy atom.